The lowest BCUT2D eigenvalue weighted by molar-refractivity contribution is 0.112. The summed E-state index contributed by atoms with van der Waals surface area (Å²) in [6, 6.07) is 4.47. The topological polar surface area (TPSA) is 54.9 Å². The van der Waals surface area contributed by atoms with Gasteiger partial charge in [0.25, 0.3) is 0 Å². The molecule has 122 valence electrons. The first-order valence-corrected chi connectivity index (χ1v) is 8.74. The lowest BCUT2D eigenvalue weighted by Crippen LogP contribution is -2.09. The number of anilines is 1. The molecule has 0 aliphatic carbocycles. The van der Waals surface area contributed by atoms with E-state index in [4.69, 9.17) is 0 Å². The molecule has 0 saturated carbocycles. The van der Waals surface area contributed by atoms with Gasteiger partial charge in [0.05, 0.1) is 11.3 Å². The maximum atomic E-state index is 13.4. The van der Waals surface area contributed by atoms with E-state index >= 15 is 0 Å². The molecule has 0 amide bonds. The van der Waals surface area contributed by atoms with Gasteiger partial charge < -0.3 is 5.32 Å². The number of aryl methyl sites for hydroxylation is 1. The van der Waals surface area contributed by atoms with Crippen LogP contribution >= 0.6 is 11.8 Å². The van der Waals surface area contributed by atoms with Crippen LogP contribution in [-0.2, 0) is 0 Å². The third-order valence-corrected chi connectivity index (χ3v) is 4.04. The van der Waals surface area contributed by atoms with Crippen LogP contribution in [0.15, 0.2) is 23.4 Å². The highest BCUT2D eigenvalue weighted by Crippen LogP contribution is 2.30. The molecule has 0 unspecified atom stereocenters. The Balaban J connectivity index is 2.56. The summed E-state index contributed by atoms with van der Waals surface area (Å²) in [5.41, 5.74) is 2.42. The van der Waals surface area contributed by atoms with Crippen molar-refractivity contribution in [3.8, 4) is 11.3 Å². The van der Waals surface area contributed by atoms with Crippen LogP contribution in [0, 0.1) is 12.7 Å². The number of rotatable bonds is 7. The predicted molar refractivity (Wildman–Crippen MR) is 92.7 cm³/mol. The highest BCUT2D eigenvalue weighted by Gasteiger charge is 2.17. The second-order valence-electron chi connectivity index (χ2n) is 5.18. The van der Waals surface area contributed by atoms with Crippen LogP contribution in [0.25, 0.3) is 11.3 Å². The average Bonchev–Trinajstić information content (AvgIpc) is 2.54. The third-order valence-electron chi connectivity index (χ3n) is 3.49. The third kappa shape index (κ3) is 4.07. The Labute approximate surface area is 139 Å². The fourth-order valence-electron chi connectivity index (χ4n) is 2.27. The van der Waals surface area contributed by atoms with Gasteiger partial charge in [-0.1, -0.05) is 25.1 Å². The highest BCUT2D eigenvalue weighted by atomic mass is 32.2. The van der Waals surface area contributed by atoms with Gasteiger partial charge in [-0.15, -0.1) is 0 Å². The van der Waals surface area contributed by atoms with Crippen molar-refractivity contribution in [3.05, 3.63) is 35.1 Å². The first-order valence-electron chi connectivity index (χ1n) is 7.52. The summed E-state index contributed by atoms with van der Waals surface area (Å²) in [5, 5.41) is 3.79. The number of hydrogen-bond acceptors (Lipinski definition) is 5. The summed E-state index contributed by atoms with van der Waals surface area (Å²) in [4.78, 5) is 20.5. The number of unbranched alkanes of at least 4 members (excludes halogenated alkanes) is 1. The summed E-state index contributed by atoms with van der Waals surface area (Å²) < 4.78 is 13.4. The normalized spacial score (nSPS) is 10.6. The molecule has 1 aromatic heterocycles. The number of hydrogen-bond donors (Lipinski definition) is 1. The zero-order chi connectivity index (χ0) is 16.8. The fraction of sp³-hybridized carbons (Fsp3) is 0.353. The summed E-state index contributed by atoms with van der Waals surface area (Å²) in [5.74, 6) is 0.228. The molecule has 0 fully saturated rings. The van der Waals surface area contributed by atoms with E-state index in [1.54, 1.807) is 13.0 Å². The standard InChI is InChI=1S/C17H20FN3OS/c1-4-5-8-19-16-14(10-22)15(20-17(21-16)23-3)13-7-6-12(18)9-11(13)2/h6-7,9-10H,4-5,8H2,1-3H3,(H,19,20,21). The van der Waals surface area contributed by atoms with Crippen molar-refractivity contribution in [2.45, 2.75) is 31.8 Å². The minimum absolute atomic E-state index is 0.306. The van der Waals surface area contributed by atoms with Crippen molar-refractivity contribution in [1.82, 2.24) is 9.97 Å². The molecule has 0 spiro atoms. The van der Waals surface area contributed by atoms with Crippen LogP contribution in [0.3, 0.4) is 0 Å². The first-order chi connectivity index (χ1) is 11.1. The number of halogens is 1. The minimum atomic E-state index is -0.306. The largest absolute Gasteiger partial charge is 0.369 e. The van der Waals surface area contributed by atoms with Crippen molar-refractivity contribution in [3.63, 3.8) is 0 Å². The Morgan fingerprint density at radius 1 is 1.35 bits per heavy atom. The summed E-state index contributed by atoms with van der Waals surface area (Å²) in [6.45, 7) is 4.64. The number of carbonyl (C=O) groups excluding carboxylic acids is 1. The minimum Gasteiger partial charge on any atom is -0.369 e. The lowest BCUT2D eigenvalue weighted by Gasteiger charge is -2.14. The number of carbonyl (C=O) groups is 1. The smallest absolute Gasteiger partial charge is 0.189 e. The van der Waals surface area contributed by atoms with E-state index < -0.39 is 0 Å². The van der Waals surface area contributed by atoms with Crippen LogP contribution in [0.5, 0.6) is 0 Å². The first kappa shape index (κ1) is 17.4. The molecule has 1 heterocycles. The van der Waals surface area contributed by atoms with Gasteiger partial charge in [-0.3, -0.25) is 4.79 Å². The van der Waals surface area contributed by atoms with Gasteiger partial charge in [-0.2, -0.15) is 0 Å². The Hall–Kier alpha value is -1.95. The predicted octanol–water partition coefficient (Wildman–Crippen LogP) is 4.34. The Kier molecular flexibility index (Phi) is 6.10. The summed E-state index contributed by atoms with van der Waals surface area (Å²) in [6.07, 6.45) is 4.68. The van der Waals surface area contributed by atoms with Crippen LogP contribution in [0.1, 0.15) is 35.7 Å². The van der Waals surface area contributed by atoms with Crippen molar-refractivity contribution in [1.29, 1.82) is 0 Å². The fourth-order valence-corrected chi connectivity index (χ4v) is 2.63. The van der Waals surface area contributed by atoms with Gasteiger partial charge in [0.15, 0.2) is 11.4 Å². The number of aromatic nitrogens is 2. The van der Waals surface area contributed by atoms with E-state index in [1.165, 1.54) is 23.9 Å². The number of nitrogens with one attached hydrogen (secondary N) is 1. The Morgan fingerprint density at radius 2 is 2.13 bits per heavy atom. The molecule has 4 nitrogen and oxygen atoms in total. The van der Waals surface area contributed by atoms with Gasteiger partial charge in [0, 0.05) is 12.1 Å². The molecule has 6 heteroatoms. The Bertz CT molecular complexity index is 706. The summed E-state index contributed by atoms with van der Waals surface area (Å²) >= 11 is 1.41. The van der Waals surface area contributed by atoms with Gasteiger partial charge in [-0.25, -0.2) is 14.4 Å². The number of thioether (sulfide) groups is 1. The van der Waals surface area contributed by atoms with Crippen LogP contribution in [0.4, 0.5) is 10.2 Å². The van der Waals surface area contributed by atoms with Gasteiger partial charge in [0.2, 0.25) is 0 Å². The van der Waals surface area contributed by atoms with E-state index in [1.807, 2.05) is 6.26 Å². The number of nitrogens with zero attached hydrogens (tertiary/aromatic N) is 2. The van der Waals surface area contributed by atoms with E-state index in [9.17, 15) is 9.18 Å². The van der Waals surface area contributed by atoms with E-state index in [2.05, 4.69) is 22.2 Å². The van der Waals surface area contributed by atoms with E-state index in [0.29, 0.717) is 22.2 Å². The molecular formula is C17H20FN3OS. The van der Waals surface area contributed by atoms with Crippen LogP contribution in [-0.4, -0.2) is 29.1 Å². The molecule has 2 rings (SSSR count). The van der Waals surface area contributed by atoms with Gasteiger partial charge in [-0.05, 0) is 43.4 Å². The average molecular weight is 333 g/mol. The molecular weight excluding hydrogens is 313 g/mol. The lowest BCUT2D eigenvalue weighted by atomic mass is 10.0. The molecule has 0 aliphatic heterocycles. The van der Waals surface area contributed by atoms with Gasteiger partial charge >= 0.3 is 0 Å². The quantitative estimate of drug-likeness (QED) is 0.353. The molecule has 1 N–H and O–H groups in total. The summed E-state index contributed by atoms with van der Waals surface area (Å²) in [7, 11) is 0. The molecule has 2 aromatic rings. The number of benzene rings is 1. The SMILES string of the molecule is CCCCNc1nc(SC)nc(-c2ccc(F)cc2C)c1C=O. The monoisotopic (exact) mass is 333 g/mol. The zero-order valence-electron chi connectivity index (χ0n) is 13.5. The molecule has 0 aliphatic rings. The second-order valence-corrected chi connectivity index (χ2v) is 5.95. The maximum absolute atomic E-state index is 13.4. The van der Waals surface area contributed by atoms with Crippen LogP contribution < -0.4 is 5.32 Å². The molecule has 0 bridgehead atoms. The van der Waals surface area contributed by atoms with E-state index in [-0.39, 0.29) is 5.82 Å². The highest BCUT2D eigenvalue weighted by molar-refractivity contribution is 7.98. The molecule has 0 radical (unpaired) electrons. The molecule has 0 saturated heterocycles. The van der Waals surface area contributed by atoms with Crippen LogP contribution in [0.2, 0.25) is 0 Å². The van der Waals surface area contributed by atoms with Crippen molar-refractivity contribution < 1.29 is 9.18 Å². The van der Waals surface area contributed by atoms with Crippen molar-refractivity contribution in [2.75, 3.05) is 18.1 Å². The Morgan fingerprint density at radius 3 is 2.74 bits per heavy atom. The number of aldehydes is 1. The maximum Gasteiger partial charge on any atom is 0.189 e. The molecule has 1 aromatic carbocycles. The molecule has 0 atom stereocenters. The van der Waals surface area contributed by atoms with Crippen molar-refractivity contribution in [2.24, 2.45) is 0 Å². The van der Waals surface area contributed by atoms with E-state index in [0.717, 1.165) is 36.8 Å². The zero-order valence-corrected chi connectivity index (χ0v) is 14.3. The van der Waals surface area contributed by atoms with Gasteiger partial charge in [0.1, 0.15) is 11.6 Å². The second kappa shape index (κ2) is 8.06. The van der Waals surface area contributed by atoms with Crippen molar-refractivity contribution >= 4 is 23.9 Å². The molecule has 23 heavy (non-hydrogen) atoms.